The van der Waals surface area contributed by atoms with Crippen LogP contribution in [-0.4, -0.2) is 43.0 Å². The van der Waals surface area contributed by atoms with Crippen LogP contribution in [0.1, 0.15) is 19.8 Å². The number of rotatable bonds is 4. The van der Waals surface area contributed by atoms with Gasteiger partial charge in [0.15, 0.2) is 0 Å². The van der Waals surface area contributed by atoms with Gasteiger partial charge in [-0.15, -0.1) is 0 Å². The molecule has 0 radical (unpaired) electrons. The molecule has 1 fully saturated rings. The second kappa shape index (κ2) is 6.46. The number of nitriles is 1. The molecule has 1 atom stereocenters. The summed E-state index contributed by atoms with van der Waals surface area (Å²) in [5.74, 6) is -0.128. The maximum Gasteiger partial charge on any atom is 0.234 e. The molecule has 3 N–H and O–H groups in total. The molecule has 5 nitrogen and oxygen atoms in total. The van der Waals surface area contributed by atoms with Crippen LogP contribution in [0.15, 0.2) is 0 Å². The molecule has 0 aromatic heterocycles. The van der Waals surface area contributed by atoms with Crippen LogP contribution in [0.25, 0.3) is 0 Å². The first-order valence-corrected chi connectivity index (χ1v) is 5.76. The van der Waals surface area contributed by atoms with E-state index in [2.05, 4.69) is 16.3 Å². The molecule has 16 heavy (non-hydrogen) atoms. The number of hydrogen-bond donors (Lipinski definition) is 2. The number of carbonyl (C=O) groups is 1. The van der Waals surface area contributed by atoms with Gasteiger partial charge in [-0.1, -0.05) is 0 Å². The third-order valence-corrected chi connectivity index (χ3v) is 2.83. The number of nitrogens with one attached hydrogen (secondary N) is 1. The average molecular weight is 224 g/mol. The highest BCUT2D eigenvalue weighted by molar-refractivity contribution is 5.78. The van der Waals surface area contributed by atoms with Gasteiger partial charge in [0.1, 0.15) is 0 Å². The largest absolute Gasteiger partial charge is 0.354 e. The van der Waals surface area contributed by atoms with Gasteiger partial charge in [0, 0.05) is 25.7 Å². The molecule has 0 aromatic rings. The van der Waals surface area contributed by atoms with Gasteiger partial charge in [-0.25, -0.2) is 0 Å². The van der Waals surface area contributed by atoms with Crippen LogP contribution in [0.2, 0.25) is 0 Å². The van der Waals surface area contributed by atoms with Crippen molar-refractivity contribution in [3.63, 3.8) is 0 Å². The van der Waals surface area contributed by atoms with Gasteiger partial charge in [-0.3, -0.25) is 9.69 Å². The summed E-state index contributed by atoms with van der Waals surface area (Å²) in [7, 11) is 0. The monoisotopic (exact) mass is 224 g/mol. The van der Waals surface area contributed by atoms with E-state index in [1.807, 2.05) is 0 Å². The number of nitrogens with two attached hydrogens (primary N) is 1. The zero-order valence-electron chi connectivity index (χ0n) is 9.78. The van der Waals surface area contributed by atoms with Gasteiger partial charge in [0.05, 0.1) is 18.5 Å². The summed E-state index contributed by atoms with van der Waals surface area (Å²) < 4.78 is 0. The summed E-state index contributed by atoms with van der Waals surface area (Å²) >= 11 is 0. The first-order chi connectivity index (χ1) is 7.61. The fraction of sp³-hybridized carbons (Fsp3) is 0.818. The first-order valence-electron chi connectivity index (χ1n) is 5.76. The molecule has 1 saturated heterocycles. The van der Waals surface area contributed by atoms with E-state index in [1.54, 1.807) is 6.92 Å². The Morgan fingerprint density at radius 2 is 2.25 bits per heavy atom. The number of carbonyl (C=O) groups excluding carboxylic acids is 1. The molecule has 0 saturated carbocycles. The van der Waals surface area contributed by atoms with Crippen LogP contribution >= 0.6 is 0 Å². The van der Waals surface area contributed by atoms with Crippen molar-refractivity contribution in [2.75, 3.05) is 26.2 Å². The molecular weight excluding hydrogens is 204 g/mol. The predicted molar refractivity (Wildman–Crippen MR) is 61.4 cm³/mol. The van der Waals surface area contributed by atoms with Gasteiger partial charge in [0.2, 0.25) is 5.91 Å². The van der Waals surface area contributed by atoms with E-state index in [0.717, 1.165) is 25.9 Å². The minimum atomic E-state index is -0.126. The van der Waals surface area contributed by atoms with Crippen LogP contribution in [0.4, 0.5) is 0 Å². The molecule has 1 aliphatic heterocycles. The van der Waals surface area contributed by atoms with Crippen molar-refractivity contribution in [1.82, 2.24) is 10.2 Å². The third kappa shape index (κ3) is 4.60. The predicted octanol–water partition coefficient (Wildman–Crippen LogP) is -0.315. The molecule has 1 heterocycles. The van der Waals surface area contributed by atoms with Gasteiger partial charge in [0.25, 0.3) is 0 Å². The van der Waals surface area contributed by atoms with Crippen molar-refractivity contribution in [1.29, 1.82) is 5.26 Å². The lowest BCUT2D eigenvalue weighted by Gasteiger charge is -2.29. The van der Waals surface area contributed by atoms with Crippen LogP contribution in [0, 0.1) is 17.2 Å². The van der Waals surface area contributed by atoms with Crippen molar-refractivity contribution in [2.45, 2.75) is 25.8 Å². The maximum atomic E-state index is 11.5. The van der Waals surface area contributed by atoms with E-state index in [1.165, 1.54) is 0 Å². The Kier molecular flexibility index (Phi) is 5.23. The van der Waals surface area contributed by atoms with Gasteiger partial charge < -0.3 is 11.1 Å². The van der Waals surface area contributed by atoms with Crippen molar-refractivity contribution in [3.8, 4) is 6.07 Å². The second-order valence-electron chi connectivity index (χ2n) is 4.45. The van der Waals surface area contributed by atoms with Crippen LogP contribution in [0.5, 0.6) is 0 Å². The Labute approximate surface area is 96.6 Å². The van der Waals surface area contributed by atoms with E-state index in [0.29, 0.717) is 13.1 Å². The standard InChI is InChI=1S/C11H20N4O/c1-9(6-12)7-14-11(16)8-15-4-2-10(13)3-5-15/h9-10H,2-5,7-8,13H2,1H3,(H,14,16). The summed E-state index contributed by atoms with van der Waals surface area (Å²) in [6.07, 6.45) is 1.92. The third-order valence-electron chi connectivity index (χ3n) is 2.83. The molecule has 1 amide bonds. The Bertz CT molecular complexity index is 266. The molecule has 0 aliphatic carbocycles. The minimum Gasteiger partial charge on any atom is -0.354 e. The van der Waals surface area contributed by atoms with Crippen LogP contribution in [-0.2, 0) is 4.79 Å². The number of likely N-dealkylation sites (tertiary alicyclic amines) is 1. The van der Waals surface area contributed by atoms with Crippen LogP contribution < -0.4 is 11.1 Å². The number of hydrogen-bond acceptors (Lipinski definition) is 4. The Balaban J connectivity index is 2.17. The fourth-order valence-electron chi connectivity index (χ4n) is 1.68. The molecular formula is C11H20N4O. The normalized spacial score (nSPS) is 20.1. The highest BCUT2D eigenvalue weighted by Gasteiger charge is 2.18. The Morgan fingerprint density at radius 3 is 2.81 bits per heavy atom. The molecule has 0 bridgehead atoms. The van der Waals surface area contributed by atoms with Gasteiger partial charge >= 0.3 is 0 Å². The van der Waals surface area contributed by atoms with Crippen LogP contribution in [0.3, 0.4) is 0 Å². The summed E-state index contributed by atoms with van der Waals surface area (Å²) in [6, 6.07) is 2.37. The SMILES string of the molecule is CC(C#N)CNC(=O)CN1CCC(N)CC1. The quantitative estimate of drug-likeness (QED) is 0.686. The Hall–Kier alpha value is -1.12. The molecule has 1 rings (SSSR count). The van der Waals surface area contributed by atoms with E-state index >= 15 is 0 Å². The van der Waals surface area contributed by atoms with Crippen molar-refractivity contribution in [2.24, 2.45) is 11.7 Å². The van der Waals surface area contributed by atoms with E-state index in [4.69, 9.17) is 11.0 Å². The molecule has 0 aromatic carbocycles. The molecule has 90 valence electrons. The maximum absolute atomic E-state index is 11.5. The molecule has 1 unspecified atom stereocenters. The van der Waals surface area contributed by atoms with Crippen molar-refractivity contribution < 1.29 is 4.79 Å². The second-order valence-corrected chi connectivity index (χ2v) is 4.45. The summed E-state index contributed by atoms with van der Waals surface area (Å²) in [5.41, 5.74) is 5.78. The van der Waals surface area contributed by atoms with Gasteiger partial charge in [-0.05, 0) is 19.8 Å². The van der Waals surface area contributed by atoms with E-state index in [-0.39, 0.29) is 17.9 Å². The van der Waals surface area contributed by atoms with Crippen molar-refractivity contribution >= 4 is 5.91 Å². The lowest BCUT2D eigenvalue weighted by Crippen LogP contribution is -2.45. The zero-order chi connectivity index (χ0) is 12.0. The molecule has 0 spiro atoms. The van der Waals surface area contributed by atoms with E-state index < -0.39 is 0 Å². The average Bonchev–Trinajstić information content (AvgIpc) is 2.29. The topological polar surface area (TPSA) is 82.2 Å². The fourth-order valence-corrected chi connectivity index (χ4v) is 1.68. The van der Waals surface area contributed by atoms with Gasteiger partial charge in [-0.2, -0.15) is 5.26 Å². The molecule has 5 heteroatoms. The highest BCUT2D eigenvalue weighted by Crippen LogP contribution is 2.07. The summed E-state index contributed by atoms with van der Waals surface area (Å²) in [6.45, 7) is 4.43. The molecule has 1 aliphatic rings. The number of amides is 1. The summed E-state index contributed by atoms with van der Waals surface area (Å²) in [4.78, 5) is 13.6. The first kappa shape index (κ1) is 12.9. The Morgan fingerprint density at radius 1 is 1.62 bits per heavy atom. The van der Waals surface area contributed by atoms with E-state index in [9.17, 15) is 4.79 Å². The number of piperidine rings is 1. The smallest absolute Gasteiger partial charge is 0.234 e. The lowest BCUT2D eigenvalue weighted by molar-refractivity contribution is -0.122. The van der Waals surface area contributed by atoms with Crippen molar-refractivity contribution in [3.05, 3.63) is 0 Å². The number of nitrogens with zero attached hydrogens (tertiary/aromatic N) is 2. The zero-order valence-corrected chi connectivity index (χ0v) is 9.78. The highest BCUT2D eigenvalue weighted by atomic mass is 16.2. The summed E-state index contributed by atoms with van der Waals surface area (Å²) in [5, 5.41) is 11.3. The minimum absolute atomic E-state index is 0.00225. The lowest BCUT2D eigenvalue weighted by atomic mass is 10.1.